The maximum absolute atomic E-state index is 12.6. The topological polar surface area (TPSA) is 64.1 Å². The minimum atomic E-state index is -2.99. The van der Waals surface area contributed by atoms with Gasteiger partial charge in [-0.2, -0.15) is 13.9 Å². The Kier molecular flexibility index (Phi) is 8.02. The molecular formula is C18H25F2N3O3S. The average molecular weight is 401 g/mol. The van der Waals surface area contributed by atoms with Crippen molar-refractivity contribution in [2.45, 2.75) is 45.3 Å². The molecule has 0 aliphatic heterocycles. The molecule has 0 unspecified atom stereocenters. The van der Waals surface area contributed by atoms with Crippen LogP contribution in [0, 0.1) is 5.92 Å². The van der Waals surface area contributed by atoms with E-state index in [2.05, 4.69) is 27.5 Å². The lowest BCUT2D eigenvalue weighted by Gasteiger charge is -2.30. The van der Waals surface area contributed by atoms with Gasteiger partial charge in [0, 0.05) is 11.6 Å². The first-order valence-electron chi connectivity index (χ1n) is 8.75. The van der Waals surface area contributed by atoms with Crippen LogP contribution in [0.25, 0.3) is 0 Å². The zero-order valence-corrected chi connectivity index (χ0v) is 16.4. The van der Waals surface area contributed by atoms with E-state index in [4.69, 9.17) is 21.7 Å². The molecule has 0 radical (unpaired) electrons. The number of hydrazone groups is 1. The third-order valence-electron chi connectivity index (χ3n) is 4.50. The predicted octanol–water partition coefficient (Wildman–Crippen LogP) is 3.68. The van der Waals surface area contributed by atoms with Gasteiger partial charge in [-0.05, 0) is 43.1 Å². The van der Waals surface area contributed by atoms with E-state index in [1.54, 1.807) is 0 Å². The van der Waals surface area contributed by atoms with Gasteiger partial charge in [-0.1, -0.05) is 19.8 Å². The molecule has 0 amide bonds. The summed E-state index contributed by atoms with van der Waals surface area (Å²) < 4.78 is 39.8. The van der Waals surface area contributed by atoms with E-state index < -0.39 is 6.61 Å². The third-order valence-corrected chi connectivity index (χ3v) is 4.71. The molecule has 0 aromatic heterocycles. The summed E-state index contributed by atoms with van der Waals surface area (Å²) in [6.45, 7) is -0.774. The number of thiocarbonyl (C=S) groups is 1. The quantitative estimate of drug-likeness (QED) is 0.413. The summed E-state index contributed by atoms with van der Waals surface area (Å²) in [5.41, 5.74) is 3.35. The number of nitrogens with one attached hydrogen (secondary N) is 2. The Hall–Kier alpha value is -2.16. The molecule has 9 heteroatoms. The summed E-state index contributed by atoms with van der Waals surface area (Å²) in [6, 6.07) is 3.39. The molecule has 1 saturated carbocycles. The minimum absolute atomic E-state index is 0.118. The number of ether oxygens (including phenoxy) is 3. The number of halogens is 2. The standard InChI is InChI=1S/C18H25F2N3O3S/c1-11-6-4-5-7-13(11)22-18(27)23-21-10-12-8-14(24-2)16(26-17(19)20)15(9-12)25-3/h8-11,13,17H,4-7H2,1-3H3,(H2,22,23,27)/b21-10-/t11-,13+/m0/s1. The smallest absolute Gasteiger partial charge is 0.387 e. The van der Waals surface area contributed by atoms with Crippen LogP contribution in [-0.2, 0) is 0 Å². The van der Waals surface area contributed by atoms with Crippen LogP contribution in [0.2, 0.25) is 0 Å². The fourth-order valence-electron chi connectivity index (χ4n) is 3.08. The average Bonchev–Trinajstić information content (AvgIpc) is 2.64. The van der Waals surface area contributed by atoms with E-state index in [0.717, 1.165) is 6.42 Å². The van der Waals surface area contributed by atoms with Crippen LogP contribution >= 0.6 is 12.2 Å². The normalized spacial score (nSPS) is 19.8. The summed E-state index contributed by atoms with van der Waals surface area (Å²) in [6.07, 6.45) is 6.23. The van der Waals surface area contributed by atoms with Crippen LogP contribution in [0.3, 0.4) is 0 Å². The molecule has 0 bridgehead atoms. The molecule has 1 aromatic rings. The molecule has 2 rings (SSSR count). The number of benzene rings is 1. The summed E-state index contributed by atoms with van der Waals surface area (Å²) in [5.74, 6) is 0.641. The summed E-state index contributed by atoms with van der Waals surface area (Å²) in [4.78, 5) is 0. The first-order valence-corrected chi connectivity index (χ1v) is 9.15. The summed E-state index contributed by atoms with van der Waals surface area (Å²) in [5, 5.41) is 7.83. The number of hydrogen-bond acceptors (Lipinski definition) is 5. The van der Waals surface area contributed by atoms with Gasteiger partial charge in [0.2, 0.25) is 5.75 Å². The SMILES string of the molecule is COc1cc(/C=N\NC(=S)N[C@@H]2CCCC[C@@H]2C)cc(OC)c1OC(F)F. The highest BCUT2D eigenvalue weighted by Crippen LogP contribution is 2.39. The van der Waals surface area contributed by atoms with E-state index in [-0.39, 0.29) is 17.2 Å². The van der Waals surface area contributed by atoms with E-state index >= 15 is 0 Å². The molecule has 1 fully saturated rings. The summed E-state index contributed by atoms with van der Waals surface area (Å²) in [7, 11) is 2.72. The molecule has 0 heterocycles. The molecule has 2 atom stereocenters. The largest absolute Gasteiger partial charge is 0.493 e. The first-order chi connectivity index (χ1) is 12.9. The van der Waals surface area contributed by atoms with E-state index in [1.807, 2.05) is 0 Å². The van der Waals surface area contributed by atoms with Gasteiger partial charge in [0.25, 0.3) is 0 Å². The van der Waals surface area contributed by atoms with E-state index in [0.29, 0.717) is 22.6 Å². The Bertz CT molecular complexity index is 648. The Balaban J connectivity index is 2.02. The van der Waals surface area contributed by atoms with Gasteiger partial charge in [-0.3, -0.25) is 5.43 Å². The Morgan fingerprint density at radius 2 is 1.85 bits per heavy atom. The Morgan fingerprint density at radius 1 is 1.22 bits per heavy atom. The Labute approximate surface area is 163 Å². The fourth-order valence-corrected chi connectivity index (χ4v) is 3.28. The molecule has 0 spiro atoms. The van der Waals surface area contributed by atoms with Crippen molar-refractivity contribution in [3.05, 3.63) is 17.7 Å². The second kappa shape index (κ2) is 10.2. The molecule has 150 valence electrons. The molecule has 27 heavy (non-hydrogen) atoms. The molecule has 1 aromatic carbocycles. The van der Waals surface area contributed by atoms with Crippen LogP contribution in [0.15, 0.2) is 17.2 Å². The third kappa shape index (κ3) is 6.20. The highest BCUT2D eigenvalue weighted by atomic mass is 32.1. The number of hydrogen-bond donors (Lipinski definition) is 2. The van der Waals surface area contributed by atoms with E-state index in [1.165, 1.54) is 51.8 Å². The molecule has 6 nitrogen and oxygen atoms in total. The molecule has 1 aliphatic carbocycles. The van der Waals surface area contributed by atoms with Crippen LogP contribution in [0.4, 0.5) is 8.78 Å². The van der Waals surface area contributed by atoms with Crippen molar-refractivity contribution in [3.63, 3.8) is 0 Å². The van der Waals surface area contributed by atoms with Crippen molar-refractivity contribution >= 4 is 23.5 Å². The van der Waals surface area contributed by atoms with Gasteiger partial charge in [0.05, 0.1) is 20.4 Å². The highest BCUT2D eigenvalue weighted by Gasteiger charge is 2.21. The Morgan fingerprint density at radius 3 is 2.41 bits per heavy atom. The van der Waals surface area contributed by atoms with Gasteiger partial charge in [0.1, 0.15) is 0 Å². The predicted molar refractivity (Wildman–Crippen MR) is 104 cm³/mol. The number of alkyl halides is 2. The van der Waals surface area contributed by atoms with Crippen molar-refractivity contribution in [3.8, 4) is 17.2 Å². The zero-order chi connectivity index (χ0) is 19.8. The van der Waals surface area contributed by atoms with Crippen molar-refractivity contribution in [2.24, 2.45) is 11.0 Å². The number of methoxy groups -OCH3 is 2. The van der Waals surface area contributed by atoms with Gasteiger partial charge in [0.15, 0.2) is 16.6 Å². The molecular weight excluding hydrogens is 376 g/mol. The lowest BCUT2D eigenvalue weighted by atomic mass is 9.86. The van der Waals surface area contributed by atoms with Gasteiger partial charge >= 0.3 is 6.61 Å². The lowest BCUT2D eigenvalue weighted by molar-refractivity contribution is -0.0526. The fraction of sp³-hybridized carbons (Fsp3) is 0.556. The van der Waals surface area contributed by atoms with Gasteiger partial charge in [-0.15, -0.1) is 0 Å². The number of rotatable bonds is 7. The molecule has 1 aliphatic rings. The van der Waals surface area contributed by atoms with Gasteiger partial charge in [-0.25, -0.2) is 0 Å². The van der Waals surface area contributed by atoms with Crippen LogP contribution < -0.4 is 25.0 Å². The van der Waals surface area contributed by atoms with Crippen molar-refractivity contribution < 1.29 is 23.0 Å². The van der Waals surface area contributed by atoms with Crippen LogP contribution in [0.1, 0.15) is 38.2 Å². The second-order valence-electron chi connectivity index (χ2n) is 6.34. The van der Waals surface area contributed by atoms with Crippen molar-refractivity contribution in [2.75, 3.05) is 14.2 Å². The molecule has 0 saturated heterocycles. The number of nitrogens with zero attached hydrogens (tertiary/aromatic N) is 1. The molecule has 2 N–H and O–H groups in total. The van der Waals surface area contributed by atoms with Crippen molar-refractivity contribution in [1.82, 2.24) is 10.7 Å². The first kappa shape index (κ1) is 21.1. The van der Waals surface area contributed by atoms with Crippen molar-refractivity contribution in [1.29, 1.82) is 0 Å². The summed E-state index contributed by atoms with van der Waals surface area (Å²) >= 11 is 5.28. The maximum atomic E-state index is 12.6. The second-order valence-corrected chi connectivity index (χ2v) is 6.75. The zero-order valence-electron chi connectivity index (χ0n) is 15.6. The monoisotopic (exact) mass is 401 g/mol. The highest BCUT2D eigenvalue weighted by molar-refractivity contribution is 7.80. The van der Waals surface area contributed by atoms with Crippen LogP contribution in [-0.4, -0.2) is 38.2 Å². The van der Waals surface area contributed by atoms with Gasteiger partial charge < -0.3 is 19.5 Å². The van der Waals surface area contributed by atoms with E-state index in [9.17, 15) is 8.78 Å². The maximum Gasteiger partial charge on any atom is 0.387 e. The lowest BCUT2D eigenvalue weighted by Crippen LogP contribution is -2.44. The minimum Gasteiger partial charge on any atom is -0.493 e. The van der Waals surface area contributed by atoms with Crippen LogP contribution in [0.5, 0.6) is 17.2 Å².